The van der Waals surface area contributed by atoms with Crippen LogP contribution in [0.5, 0.6) is 0 Å². The second-order valence-electron chi connectivity index (χ2n) is 7.92. The highest BCUT2D eigenvalue weighted by molar-refractivity contribution is 5.97. The molecule has 0 aliphatic heterocycles. The molecule has 0 aliphatic rings. The Morgan fingerprint density at radius 3 is 1.94 bits per heavy atom. The molecule has 0 fully saturated rings. The molecule has 2 atom stereocenters. The summed E-state index contributed by atoms with van der Waals surface area (Å²) in [7, 11) is 3.67. The Hall–Kier alpha value is -3.79. The van der Waals surface area contributed by atoms with Crippen LogP contribution >= 0.6 is 0 Å². The number of carbonyl (C=O) groups excluding carboxylic acids is 3. The average Bonchev–Trinajstić information content (AvgIpc) is 2.80. The predicted molar refractivity (Wildman–Crippen MR) is 131 cm³/mol. The maximum atomic E-state index is 12.3. The minimum absolute atomic E-state index is 0.0712. The first-order chi connectivity index (χ1) is 16.2. The Kier molecular flexibility index (Phi) is 10.2. The van der Waals surface area contributed by atoms with Gasteiger partial charge in [0.1, 0.15) is 6.04 Å². The zero-order valence-corrected chi connectivity index (χ0v) is 19.4. The van der Waals surface area contributed by atoms with E-state index in [-0.39, 0.29) is 5.91 Å². The van der Waals surface area contributed by atoms with Gasteiger partial charge in [-0.3, -0.25) is 19.6 Å². The van der Waals surface area contributed by atoms with E-state index in [1.807, 2.05) is 62.7 Å². The SMILES string of the molecule is CC(O)C(NC(=O)c1ccc(C=CC=Cc2ccc(NC(=O)CN(C)C)cc2)cc1)C(=O)NO. The number of hydroxylamine groups is 1. The van der Waals surface area contributed by atoms with Crippen molar-refractivity contribution in [2.45, 2.75) is 19.1 Å². The fourth-order valence-corrected chi connectivity index (χ4v) is 2.94. The smallest absolute Gasteiger partial charge is 0.268 e. The molecule has 2 unspecified atom stereocenters. The molecule has 0 aromatic heterocycles. The van der Waals surface area contributed by atoms with Crippen LogP contribution in [0.25, 0.3) is 12.2 Å². The zero-order chi connectivity index (χ0) is 25.1. The van der Waals surface area contributed by atoms with Gasteiger partial charge in [-0.15, -0.1) is 0 Å². The van der Waals surface area contributed by atoms with Crippen LogP contribution in [0.4, 0.5) is 5.69 Å². The Balaban J connectivity index is 1.91. The molecule has 0 saturated carbocycles. The van der Waals surface area contributed by atoms with Gasteiger partial charge in [-0.1, -0.05) is 48.6 Å². The van der Waals surface area contributed by atoms with Gasteiger partial charge in [0.25, 0.3) is 11.8 Å². The number of likely N-dealkylation sites (N-methyl/N-ethyl adjacent to an activating group) is 1. The normalized spacial score (nSPS) is 13.1. The molecule has 34 heavy (non-hydrogen) atoms. The molecule has 9 nitrogen and oxygen atoms in total. The van der Waals surface area contributed by atoms with Gasteiger partial charge < -0.3 is 20.6 Å². The highest BCUT2D eigenvalue weighted by atomic mass is 16.5. The van der Waals surface area contributed by atoms with Crippen molar-refractivity contribution in [1.29, 1.82) is 0 Å². The number of amides is 3. The number of anilines is 1. The number of aliphatic hydroxyl groups is 1. The topological polar surface area (TPSA) is 131 Å². The van der Waals surface area contributed by atoms with Crippen molar-refractivity contribution < 1.29 is 24.7 Å². The fraction of sp³-hybridized carbons (Fsp3) is 0.240. The number of nitrogens with one attached hydrogen (secondary N) is 3. The standard InChI is InChI=1S/C25H30N4O5/c1-17(30)23(25(33)28-34)27-24(32)20-12-8-18(9-13-20)6-4-5-7-19-10-14-21(15-11-19)26-22(31)16-29(2)3/h4-15,17,23,30,34H,16H2,1-3H3,(H,26,31)(H,27,32)(H,28,33). The van der Waals surface area contributed by atoms with Gasteiger partial charge >= 0.3 is 0 Å². The summed E-state index contributed by atoms with van der Waals surface area (Å²) in [6.45, 7) is 1.65. The predicted octanol–water partition coefficient (Wildman–Crippen LogP) is 1.90. The lowest BCUT2D eigenvalue weighted by atomic mass is 10.1. The largest absolute Gasteiger partial charge is 0.391 e. The van der Waals surface area contributed by atoms with E-state index in [4.69, 9.17) is 5.21 Å². The Bertz CT molecular complexity index is 1030. The van der Waals surface area contributed by atoms with E-state index in [1.54, 1.807) is 29.2 Å². The first kappa shape index (κ1) is 26.5. The number of carbonyl (C=O) groups is 3. The van der Waals surface area contributed by atoms with Crippen molar-refractivity contribution in [1.82, 2.24) is 15.7 Å². The molecule has 9 heteroatoms. The minimum Gasteiger partial charge on any atom is -0.391 e. The van der Waals surface area contributed by atoms with Crippen LogP contribution in [0.1, 0.15) is 28.4 Å². The first-order valence-corrected chi connectivity index (χ1v) is 10.6. The quantitative estimate of drug-likeness (QED) is 0.207. The van der Waals surface area contributed by atoms with Crippen LogP contribution in [0, 0.1) is 0 Å². The molecule has 0 bridgehead atoms. The van der Waals surface area contributed by atoms with E-state index < -0.39 is 24.0 Å². The maximum Gasteiger partial charge on any atom is 0.268 e. The van der Waals surface area contributed by atoms with Crippen molar-refractivity contribution in [3.8, 4) is 0 Å². The number of hydrogen-bond acceptors (Lipinski definition) is 6. The second-order valence-corrected chi connectivity index (χ2v) is 7.92. The molecule has 2 aromatic carbocycles. The van der Waals surface area contributed by atoms with Gasteiger partial charge in [-0.05, 0) is 56.4 Å². The molecular formula is C25H30N4O5. The molecule has 0 radical (unpaired) electrons. The van der Waals surface area contributed by atoms with Crippen molar-refractivity contribution in [3.05, 3.63) is 77.4 Å². The van der Waals surface area contributed by atoms with Gasteiger partial charge in [0.2, 0.25) is 5.91 Å². The molecular weight excluding hydrogens is 436 g/mol. The first-order valence-electron chi connectivity index (χ1n) is 10.6. The summed E-state index contributed by atoms with van der Waals surface area (Å²) in [5.74, 6) is -1.53. The lowest BCUT2D eigenvalue weighted by Gasteiger charge is -2.19. The van der Waals surface area contributed by atoms with Crippen LogP contribution in [0.3, 0.4) is 0 Å². The summed E-state index contributed by atoms with van der Waals surface area (Å²) in [5, 5.41) is 23.6. The Morgan fingerprint density at radius 2 is 1.47 bits per heavy atom. The summed E-state index contributed by atoms with van der Waals surface area (Å²) >= 11 is 0. The summed E-state index contributed by atoms with van der Waals surface area (Å²) in [5.41, 5.74) is 4.30. The third-order valence-electron chi connectivity index (χ3n) is 4.68. The lowest BCUT2D eigenvalue weighted by Crippen LogP contribution is -2.51. The Morgan fingerprint density at radius 1 is 0.941 bits per heavy atom. The van der Waals surface area contributed by atoms with Crippen molar-refractivity contribution in [2.24, 2.45) is 0 Å². The van der Waals surface area contributed by atoms with Crippen molar-refractivity contribution in [2.75, 3.05) is 26.0 Å². The highest BCUT2D eigenvalue weighted by Crippen LogP contribution is 2.12. The molecule has 2 aromatic rings. The zero-order valence-electron chi connectivity index (χ0n) is 19.4. The Labute approximate surface area is 198 Å². The van der Waals surface area contributed by atoms with Crippen molar-refractivity contribution in [3.63, 3.8) is 0 Å². The number of rotatable bonds is 10. The van der Waals surface area contributed by atoms with Gasteiger partial charge in [0, 0.05) is 11.3 Å². The van der Waals surface area contributed by atoms with E-state index >= 15 is 0 Å². The van der Waals surface area contributed by atoms with Gasteiger partial charge in [-0.2, -0.15) is 0 Å². The summed E-state index contributed by atoms with van der Waals surface area (Å²) in [4.78, 5) is 37.4. The van der Waals surface area contributed by atoms with Gasteiger partial charge in [0.15, 0.2) is 0 Å². The van der Waals surface area contributed by atoms with E-state index in [2.05, 4.69) is 10.6 Å². The number of benzene rings is 2. The molecule has 2 rings (SSSR count). The fourth-order valence-electron chi connectivity index (χ4n) is 2.94. The molecule has 0 spiro atoms. The van der Waals surface area contributed by atoms with Gasteiger partial charge in [-0.25, -0.2) is 5.48 Å². The number of aliphatic hydroxyl groups excluding tert-OH is 1. The molecule has 0 saturated heterocycles. The van der Waals surface area contributed by atoms with Gasteiger partial charge in [0.05, 0.1) is 12.6 Å². The van der Waals surface area contributed by atoms with Crippen LogP contribution in [0.2, 0.25) is 0 Å². The number of nitrogens with zero attached hydrogens (tertiary/aromatic N) is 1. The molecule has 180 valence electrons. The monoisotopic (exact) mass is 466 g/mol. The average molecular weight is 467 g/mol. The van der Waals surface area contributed by atoms with E-state index in [0.717, 1.165) is 16.8 Å². The molecule has 0 heterocycles. The van der Waals surface area contributed by atoms with E-state index in [0.29, 0.717) is 12.1 Å². The van der Waals surface area contributed by atoms with Crippen LogP contribution in [-0.4, -0.2) is 65.7 Å². The third kappa shape index (κ3) is 8.62. The minimum atomic E-state index is -1.27. The molecule has 3 amide bonds. The summed E-state index contributed by atoms with van der Waals surface area (Å²) in [6, 6.07) is 12.9. The maximum absolute atomic E-state index is 12.3. The molecule has 5 N–H and O–H groups in total. The third-order valence-corrected chi connectivity index (χ3v) is 4.68. The van der Waals surface area contributed by atoms with Crippen LogP contribution in [0.15, 0.2) is 60.7 Å². The highest BCUT2D eigenvalue weighted by Gasteiger charge is 2.25. The van der Waals surface area contributed by atoms with E-state index in [1.165, 1.54) is 12.4 Å². The summed E-state index contributed by atoms with van der Waals surface area (Å²) in [6.07, 6.45) is 6.35. The van der Waals surface area contributed by atoms with Crippen molar-refractivity contribution >= 4 is 35.6 Å². The lowest BCUT2D eigenvalue weighted by molar-refractivity contribution is -0.133. The molecule has 0 aliphatic carbocycles. The van der Waals surface area contributed by atoms with Crippen LogP contribution < -0.4 is 16.1 Å². The summed E-state index contributed by atoms with van der Waals surface area (Å²) < 4.78 is 0. The number of hydrogen-bond donors (Lipinski definition) is 5. The second kappa shape index (κ2) is 13.0. The number of allylic oxidation sites excluding steroid dienone is 2. The van der Waals surface area contributed by atoms with E-state index in [9.17, 15) is 19.5 Å². The van der Waals surface area contributed by atoms with Crippen LogP contribution in [-0.2, 0) is 9.59 Å².